The van der Waals surface area contributed by atoms with E-state index < -0.39 is 11.7 Å². The Hall–Kier alpha value is -2.42. The Labute approximate surface area is 188 Å². The molecule has 1 heterocycles. The molecule has 1 aromatic heterocycles. The van der Waals surface area contributed by atoms with Gasteiger partial charge in [-0.3, -0.25) is 14.2 Å². The third-order valence-electron chi connectivity index (χ3n) is 4.34. The van der Waals surface area contributed by atoms with Gasteiger partial charge in [0.25, 0.3) is 5.56 Å². The number of nitrogens with one attached hydrogen (secondary N) is 1. The van der Waals surface area contributed by atoms with Gasteiger partial charge in [-0.25, -0.2) is 9.37 Å². The quantitative estimate of drug-likeness (QED) is 0.282. The number of hydrogen-bond acceptors (Lipinski definition) is 5. The number of rotatable bonds is 9. The molecular formula is C22H23ClFN3O3S. The predicted molar refractivity (Wildman–Crippen MR) is 122 cm³/mol. The molecule has 164 valence electrons. The topological polar surface area (TPSA) is 73.2 Å². The van der Waals surface area contributed by atoms with Crippen LogP contribution in [0.1, 0.15) is 20.3 Å². The summed E-state index contributed by atoms with van der Waals surface area (Å²) in [6.45, 7) is 4.82. The second kappa shape index (κ2) is 10.7. The fourth-order valence-electron chi connectivity index (χ4n) is 2.91. The molecule has 2 aromatic carbocycles. The summed E-state index contributed by atoms with van der Waals surface area (Å²) in [4.78, 5) is 29.9. The van der Waals surface area contributed by atoms with Crippen LogP contribution in [0, 0.1) is 5.82 Å². The zero-order valence-corrected chi connectivity index (χ0v) is 18.8. The lowest BCUT2D eigenvalue weighted by Gasteiger charge is -2.14. The van der Waals surface area contributed by atoms with E-state index in [1.165, 1.54) is 18.2 Å². The third-order valence-corrected chi connectivity index (χ3v) is 5.55. The lowest BCUT2D eigenvalue weighted by molar-refractivity contribution is -0.113. The number of ether oxygens (including phenoxy) is 1. The molecule has 6 nitrogen and oxygen atoms in total. The van der Waals surface area contributed by atoms with Crippen LogP contribution >= 0.6 is 23.4 Å². The van der Waals surface area contributed by atoms with E-state index in [4.69, 9.17) is 16.3 Å². The van der Waals surface area contributed by atoms with E-state index in [2.05, 4.69) is 10.3 Å². The highest BCUT2D eigenvalue weighted by Crippen LogP contribution is 2.22. The van der Waals surface area contributed by atoms with Crippen molar-refractivity contribution in [1.29, 1.82) is 0 Å². The maximum absolute atomic E-state index is 13.9. The molecule has 9 heteroatoms. The molecule has 0 saturated carbocycles. The van der Waals surface area contributed by atoms with Crippen LogP contribution in [0.2, 0.25) is 5.02 Å². The Morgan fingerprint density at radius 1 is 1.29 bits per heavy atom. The Morgan fingerprint density at radius 2 is 2.06 bits per heavy atom. The van der Waals surface area contributed by atoms with Gasteiger partial charge in [0.2, 0.25) is 5.91 Å². The summed E-state index contributed by atoms with van der Waals surface area (Å²) in [5.74, 6) is -1.05. The van der Waals surface area contributed by atoms with Crippen molar-refractivity contribution in [2.75, 3.05) is 17.7 Å². The number of hydrogen-bond donors (Lipinski definition) is 1. The first-order valence-electron chi connectivity index (χ1n) is 9.84. The minimum absolute atomic E-state index is 0.00722. The molecule has 0 unspecified atom stereocenters. The van der Waals surface area contributed by atoms with Crippen LogP contribution in [0.15, 0.2) is 52.4 Å². The number of aromatic nitrogens is 2. The van der Waals surface area contributed by atoms with Crippen LogP contribution in [-0.2, 0) is 16.1 Å². The van der Waals surface area contributed by atoms with Gasteiger partial charge in [0.1, 0.15) is 5.82 Å². The Morgan fingerprint density at radius 3 is 2.84 bits per heavy atom. The number of amides is 1. The van der Waals surface area contributed by atoms with Crippen molar-refractivity contribution < 1.29 is 13.9 Å². The van der Waals surface area contributed by atoms with Gasteiger partial charge in [-0.2, -0.15) is 0 Å². The zero-order valence-electron chi connectivity index (χ0n) is 17.2. The molecule has 0 aliphatic rings. The summed E-state index contributed by atoms with van der Waals surface area (Å²) in [5, 5.41) is 3.76. The minimum atomic E-state index is -0.575. The molecule has 0 saturated heterocycles. The second-order valence-corrected chi connectivity index (χ2v) is 8.48. The Balaban J connectivity index is 1.77. The molecular weight excluding hydrogens is 441 g/mol. The number of carbonyl (C=O) groups excluding carboxylic acids is 1. The van der Waals surface area contributed by atoms with Gasteiger partial charge in [-0.15, -0.1) is 0 Å². The predicted octanol–water partition coefficient (Wildman–Crippen LogP) is 4.73. The van der Waals surface area contributed by atoms with Crippen LogP contribution < -0.4 is 10.9 Å². The van der Waals surface area contributed by atoms with E-state index in [1.54, 1.807) is 28.8 Å². The van der Waals surface area contributed by atoms with Gasteiger partial charge in [0, 0.05) is 18.2 Å². The molecule has 0 aliphatic carbocycles. The summed E-state index contributed by atoms with van der Waals surface area (Å²) in [7, 11) is 0. The highest BCUT2D eigenvalue weighted by Gasteiger charge is 2.14. The smallest absolute Gasteiger partial charge is 0.262 e. The molecule has 0 aliphatic heterocycles. The van der Waals surface area contributed by atoms with Gasteiger partial charge in [-0.05, 0) is 50.6 Å². The molecule has 3 aromatic rings. The molecule has 0 bridgehead atoms. The van der Waals surface area contributed by atoms with Gasteiger partial charge in [-0.1, -0.05) is 35.5 Å². The van der Waals surface area contributed by atoms with E-state index in [9.17, 15) is 14.0 Å². The van der Waals surface area contributed by atoms with Crippen molar-refractivity contribution in [1.82, 2.24) is 9.55 Å². The number of benzene rings is 2. The van der Waals surface area contributed by atoms with Gasteiger partial charge in [0.05, 0.1) is 28.4 Å². The van der Waals surface area contributed by atoms with Crippen molar-refractivity contribution in [2.45, 2.75) is 38.1 Å². The van der Waals surface area contributed by atoms with Crippen LogP contribution in [0.3, 0.4) is 0 Å². The number of anilines is 1. The molecule has 0 spiro atoms. The van der Waals surface area contributed by atoms with E-state index >= 15 is 0 Å². The monoisotopic (exact) mass is 463 g/mol. The number of halogens is 2. The number of fused-ring (bicyclic) bond motifs is 1. The Bertz CT molecular complexity index is 1140. The third kappa shape index (κ3) is 6.29. The molecule has 1 amide bonds. The molecule has 0 atom stereocenters. The molecule has 1 N–H and O–H groups in total. The second-order valence-electron chi connectivity index (χ2n) is 7.10. The lowest BCUT2D eigenvalue weighted by Crippen LogP contribution is -2.25. The molecule has 0 radical (unpaired) electrons. The largest absolute Gasteiger partial charge is 0.379 e. The van der Waals surface area contributed by atoms with Crippen LogP contribution in [0.4, 0.5) is 10.1 Å². The van der Waals surface area contributed by atoms with Crippen LogP contribution in [0.25, 0.3) is 10.9 Å². The number of para-hydroxylation sites is 1. The first-order valence-corrected chi connectivity index (χ1v) is 11.2. The minimum Gasteiger partial charge on any atom is -0.379 e. The van der Waals surface area contributed by atoms with E-state index in [0.29, 0.717) is 40.7 Å². The average Bonchev–Trinajstić information content (AvgIpc) is 2.73. The maximum Gasteiger partial charge on any atom is 0.262 e. The fraction of sp³-hybridized carbons (Fsp3) is 0.318. The van der Waals surface area contributed by atoms with Crippen molar-refractivity contribution in [3.63, 3.8) is 0 Å². The first kappa shape index (κ1) is 23.2. The summed E-state index contributed by atoms with van der Waals surface area (Å²) in [6, 6.07) is 11.0. The molecule has 3 rings (SSSR count). The Kier molecular flexibility index (Phi) is 8.06. The fourth-order valence-corrected chi connectivity index (χ4v) is 3.90. The van der Waals surface area contributed by atoms with Gasteiger partial charge in [0.15, 0.2) is 5.16 Å². The standard InChI is InChI=1S/C22H23ClFN3O3S/c1-14(2)30-11-5-10-27-21(29)16-6-3-4-7-18(16)26-22(27)31-13-20(28)25-19-12-15(23)8-9-17(19)24/h3-4,6-9,12,14H,5,10-11,13H2,1-2H3,(H,25,28). The van der Waals surface area contributed by atoms with E-state index in [0.717, 1.165) is 11.8 Å². The van der Waals surface area contributed by atoms with Crippen molar-refractivity contribution in [3.8, 4) is 0 Å². The van der Waals surface area contributed by atoms with Crippen LogP contribution in [-0.4, -0.2) is 33.9 Å². The first-order chi connectivity index (χ1) is 14.8. The number of nitrogens with zero attached hydrogens (tertiary/aromatic N) is 2. The average molecular weight is 464 g/mol. The molecule has 0 fully saturated rings. The normalized spacial score (nSPS) is 11.3. The SMILES string of the molecule is CC(C)OCCCn1c(SCC(=O)Nc2cc(Cl)ccc2F)nc2ccccc2c1=O. The zero-order chi connectivity index (χ0) is 22.4. The summed E-state index contributed by atoms with van der Waals surface area (Å²) < 4.78 is 21.0. The van der Waals surface area contributed by atoms with E-state index in [1.807, 2.05) is 13.8 Å². The van der Waals surface area contributed by atoms with Crippen molar-refractivity contribution >= 4 is 45.9 Å². The summed E-state index contributed by atoms with van der Waals surface area (Å²) in [6.07, 6.45) is 0.738. The van der Waals surface area contributed by atoms with Crippen LogP contribution in [0.5, 0.6) is 0 Å². The molecule has 31 heavy (non-hydrogen) atoms. The number of carbonyl (C=O) groups is 1. The highest BCUT2D eigenvalue weighted by atomic mass is 35.5. The maximum atomic E-state index is 13.9. The lowest BCUT2D eigenvalue weighted by atomic mass is 10.2. The van der Waals surface area contributed by atoms with E-state index in [-0.39, 0.29) is 23.1 Å². The van der Waals surface area contributed by atoms with Gasteiger partial charge >= 0.3 is 0 Å². The van der Waals surface area contributed by atoms with Gasteiger partial charge < -0.3 is 10.1 Å². The summed E-state index contributed by atoms with van der Waals surface area (Å²) in [5.41, 5.74) is 0.401. The van der Waals surface area contributed by atoms with Crippen molar-refractivity contribution in [2.24, 2.45) is 0 Å². The summed E-state index contributed by atoms with van der Waals surface area (Å²) >= 11 is 6.99. The number of thioether (sulfide) groups is 1. The van der Waals surface area contributed by atoms with Crippen molar-refractivity contribution in [3.05, 3.63) is 63.7 Å². The highest BCUT2D eigenvalue weighted by molar-refractivity contribution is 7.99.